The number of rotatable bonds is 5. The van der Waals surface area contributed by atoms with Crippen molar-refractivity contribution in [2.45, 2.75) is 64.7 Å². The molecule has 1 nitrogen and oxygen atoms in total. The third kappa shape index (κ3) is 5.32. The van der Waals surface area contributed by atoms with Crippen LogP contribution in [0.15, 0.2) is 30.3 Å². The first-order valence-electron chi connectivity index (χ1n) is 8.66. The Labute approximate surface area is 130 Å². The lowest BCUT2D eigenvalue weighted by molar-refractivity contribution is 0.178. The molecule has 1 aromatic rings. The Morgan fingerprint density at radius 1 is 1.05 bits per heavy atom. The van der Waals surface area contributed by atoms with Crippen LogP contribution in [0.5, 0.6) is 0 Å². The summed E-state index contributed by atoms with van der Waals surface area (Å²) in [5.74, 6) is 0.784. The summed E-state index contributed by atoms with van der Waals surface area (Å²) in [5.41, 5.74) is 4.18. The van der Waals surface area contributed by atoms with Gasteiger partial charge < -0.3 is 4.74 Å². The summed E-state index contributed by atoms with van der Waals surface area (Å²) in [6.07, 6.45) is 12.0. The maximum atomic E-state index is 5.39. The average Bonchev–Trinajstić information content (AvgIpc) is 2.47. The molecule has 0 heterocycles. The molecule has 1 heteroatoms. The second-order valence-electron chi connectivity index (χ2n) is 6.21. The van der Waals surface area contributed by atoms with E-state index in [2.05, 4.69) is 37.3 Å². The van der Waals surface area contributed by atoms with Crippen LogP contribution in [0.1, 0.15) is 75.8 Å². The van der Waals surface area contributed by atoms with Gasteiger partial charge in [-0.15, -0.1) is 0 Å². The molecule has 2 rings (SSSR count). The van der Waals surface area contributed by atoms with E-state index < -0.39 is 0 Å². The van der Waals surface area contributed by atoms with Gasteiger partial charge >= 0.3 is 0 Å². The zero-order chi connectivity index (χ0) is 14.9. The highest BCUT2D eigenvalue weighted by Crippen LogP contribution is 2.31. The maximum Gasteiger partial charge on any atom is 0.0653 e. The Morgan fingerprint density at radius 3 is 2.29 bits per heavy atom. The van der Waals surface area contributed by atoms with E-state index in [9.17, 15) is 0 Å². The summed E-state index contributed by atoms with van der Waals surface area (Å²) in [7, 11) is 0. The predicted molar refractivity (Wildman–Crippen MR) is 91.6 cm³/mol. The SMILES string of the molecule is CCOC/C=C(\C)c1ccc(C2CCCCCCC2)cc1. The molecule has 0 spiro atoms. The van der Waals surface area contributed by atoms with Crippen molar-refractivity contribution >= 4 is 5.57 Å². The van der Waals surface area contributed by atoms with Crippen molar-refractivity contribution in [2.75, 3.05) is 13.2 Å². The van der Waals surface area contributed by atoms with Gasteiger partial charge in [0.2, 0.25) is 0 Å². The third-order valence-corrected chi connectivity index (χ3v) is 4.65. The standard InChI is InChI=1S/C20H30O/c1-3-21-16-15-17(2)18-11-13-20(14-12-18)19-9-7-5-4-6-8-10-19/h11-15,19H,3-10,16H2,1-2H3/b17-15+. The molecule has 1 aliphatic carbocycles. The molecule has 0 unspecified atom stereocenters. The molecule has 21 heavy (non-hydrogen) atoms. The van der Waals surface area contributed by atoms with Gasteiger partial charge in [0.15, 0.2) is 0 Å². The van der Waals surface area contributed by atoms with E-state index in [0.717, 1.165) is 12.5 Å². The molecule has 1 aromatic carbocycles. The summed E-state index contributed by atoms with van der Waals surface area (Å²) in [6, 6.07) is 9.26. The van der Waals surface area contributed by atoms with Gasteiger partial charge in [0.05, 0.1) is 6.61 Å². The van der Waals surface area contributed by atoms with Crippen LogP contribution in [0.25, 0.3) is 5.57 Å². The van der Waals surface area contributed by atoms with E-state index in [-0.39, 0.29) is 0 Å². The Kier molecular flexibility index (Phi) is 7.02. The van der Waals surface area contributed by atoms with Gasteiger partial charge in [0.1, 0.15) is 0 Å². The molecular weight excluding hydrogens is 256 g/mol. The molecule has 116 valence electrons. The predicted octanol–water partition coefficient (Wildman–Crippen LogP) is 5.95. The first kappa shape index (κ1) is 16.3. The summed E-state index contributed by atoms with van der Waals surface area (Å²) in [6.45, 7) is 5.70. The van der Waals surface area contributed by atoms with E-state index in [0.29, 0.717) is 6.61 Å². The second kappa shape index (κ2) is 9.04. The zero-order valence-corrected chi connectivity index (χ0v) is 13.7. The van der Waals surface area contributed by atoms with Crippen molar-refractivity contribution in [3.05, 3.63) is 41.5 Å². The molecule has 0 saturated heterocycles. The number of ether oxygens (including phenoxy) is 1. The van der Waals surface area contributed by atoms with Gasteiger partial charge in [-0.1, -0.05) is 62.4 Å². The lowest BCUT2D eigenvalue weighted by atomic mass is 9.85. The fourth-order valence-corrected chi connectivity index (χ4v) is 3.23. The van der Waals surface area contributed by atoms with Crippen LogP contribution in [0.3, 0.4) is 0 Å². The van der Waals surface area contributed by atoms with Crippen molar-refractivity contribution in [1.82, 2.24) is 0 Å². The Balaban J connectivity index is 1.98. The quantitative estimate of drug-likeness (QED) is 0.607. The molecule has 1 aliphatic rings. The average molecular weight is 286 g/mol. The Bertz CT molecular complexity index is 422. The largest absolute Gasteiger partial charge is 0.378 e. The highest BCUT2D eigenvalue weighted by Gasteiger charge is 2.13. The zero-order valence-electron chi connectivity index (χ0n) is 13.7. The van der Waals surface area contributed by atoms with Crippen molar-refractivity contribution in [3.8, 4) is 0 Å². The normalized spacial score (nSPS) is 18.3. The number of allylic oxidation sites excluding steroid dienone is 1. The minimum atomic E-state index is 0.715. The van der Waals surface area contributed by atoms with Gasteiger partial charge in [-0.05, 0) is 49.3 Å². The molecule has 1 fully saturated rings. The van der Waals surface area contributed by atoms with E-state index >= 15 is 0 Å². The second-order valence-corrected chi connectivity index (χ2v) is 6.21. The summed E-state index contributed by atoms with van der Waals surface area (Å²) in [4.78, 5) is 0. The fourth-order valence-electron chi connectivity index (χ4n) is 3.23. The van der Waals surface area contributed by atoms with Crippen molar-refractivity contribution in [3.63, 3.8) is 0 Å². The van der Waals surface area contributed by atoms with E-state index in [4.69, 9.17) is 4.74 Å². The summed E-state index contributed by atoms with van der Waals surface area (Å²) >= 11 is 0. The van der Waals surface area contributed by atoms with Crippen molar-refractivity contribution in [2.24, 2.45) is 0 Å². The minimum Gasteiger partial charge on any atom is -0.378 e. The van der Waals surface area contributed by atoms with Crippen molar-refractivity contribution < 1.29 is 4.74 Å². The van der Waals surface area contributed by atoms with Gasteiger partial charge in [-0.25, -0.2) is 0 Å². The van der Waals surface area contributed by atoms with Gasteiger partial charge in [0.25, 0.3) is 0 Å². The van der Waals surface area contributed by atoms with E-state index in [1.54, 1.807) is 5.56 Å². The van der Waals surface area contributed by atoms with Gasteiger partial charge in [0, 0.05) is 6.61 Å². The first-order chi connectivity index (χ1) is 10.3. The summed E-state index contributed by atoms with van der Waals surface area (Å²) in [5, 5.41) is 0. The lowest BCUT2D eigenvalue weighted by Crippen LogP contribution is -2.02. The fraction of sp³-hybridized carbons (Fsp3) is 0.600. The molecule has 0 amide bonds. The minimum absolute atomic E-state index is 0.715. The van der Waals surface area contributed by atoms with Crippen LogP contribution < -0.4 is 0 Å². The molecule has 0 atom stereocenters. The first-order valence-corrected chi connectivity index (χ1v) is 8.66. The Hall–Kier alpha value is -1.08. The van der Waals surface area contributed by atoms with Crippen LogP contribution in [0.2, 0.25) is 0 Å². The smallest absolute Gasteiger partial charge is 0.0653 e. The van der Waals surface area contributed by atoms with E-state index in [1.165, 1.54) is 56.1 Å². The monoisotopic (exact) mass is 286 g/mol. The van der Waals surface area contributed by atoms with Crippen molar-refractivity contribution in [1.29, 1.82) is 0 Å². The third-order valence-electron chi connectivity index (χ3n) is 4.65. The summed E-state index contributed by atoms with van der Waals surface area (Å²) < 4.78 is 5.39. The number of hydrogen-bond acceptors (Lipinski definition) is 1. The molecule has 0 bridgehead atoms. The maximum absolute atomic E-state index is 5.39. The highest BCUT2D eigenvalue weighted by molar-refractivity contribution is 5.63. The molecule has 0 aromatic heterocycles. The highest BCUT2D eigenvalue weighted by atomic mass is 16.5. The molecule has 0 N–H and O–H groups in total. The topological polar surface area (TPSA) is 9.23 Å². The van der Waals surface area contributed by atoms with Crippen LogP contribution in [-0.2, 0) is 4.74 Å². The molecular formula is C20H30O. The molecule has 1 saturated carbocycles. The molecule has 0 radical (unpaired) electrons. The van der Waals surface area contributed by atoms with E-state index in [1.807, 2.05) is 6.92 Å². The van der Waals surface area contributed by atoms with Gasteiger partial charge in [-0.3, -0.25) is 0 Å². The number of hydrogen-bond donors (Lipinski definition) is 0. The van der Waals surface area contributed by atoms with Crippen LogP contribution in [0.4, 0.5) is 0 Å². The van der Waals surface area contributed by atoms with Gasteiger partial charge in [-0.2, -0.15) is 0 Å². The van der Waals surface area contributed by atoms with Crippen LogP contribution in [-0.4, -0.2) is 13.2 Å². The molecule has 0 aliphatic heterocycles. The number of benzene rings is 1. The lowest BCUT2D eigenvalue weighted by Gasteiger charge is -2.20. The van der Waals surface area contributed by atoms with Crippen LogP contribution >= 0.6 is 0 Å². The van der Waals surface area contributed by atoms with Crippen LogP contribution in [0, 0.1) is 0 Å². The Morgan fingerprint density at radius 2 is 1.67 bits per heavy atom.